The maximum absolute atomic E-state index is 12.1. The second kappa shape index (κ2) is 5.74. The normalized spacial score (nSPS) is 13.3. The zero-order valence-electron chi connectivity index (χ0n) is 11.4. The summed E-state index contributed by atoms with van der Waals surface area (Å²) in [5.41, 5.74) is 8.30. The highest BCUT2D eigenvalue weighted by atomic mass is 32.2. The van der Waals surface area contributed by atoms with Crippen molar-refractivity contribution in [2.24, 2.45) is 5.73 Å². The number of aromatic amines is 1. The predicted molar refractivity (Wildman–Crippen MR) is 76.4 cm³/mol. The van der Waals surface area contributed by atoms with Crippen LogP contribution in [-0.4, -0.2) is 18.6 Å². The molecule has 0 spiro atoms. The lowest BCUT2D eigenvalue weighted by Gasteiger charge is -2.09. The first-order valence-electron chi connectivity index (χ1n) is 6.24. The van der Waals surface area contributed by atoms with E-state index >= 15 is 0 Å². The summed E-state index contributed by atoms with van der Waals surface area (Å²) < 4.78 is 26.8. The Morgan fingerprint density at radius 1 is 1.35 bits per heavy atom. The van der Waals surface area contributed by atoms with Gasteiger partial charge in [-0.2, -0.15) is 5.10 Å². The Morgan fingerprint density at radius 3 is 2.50 bits per heavy atom. The van der Waals surface area contributed by atoms with Crippen LogP contribution in [0.2, 0.25) is 0 Å². The van der Waals surface area contributed by atoms with Gasteiger partial charge in [-0.15, -0.1) is 0 Å². The number of nitrogens with one attached hydrogen (secondary N) is 2. The molecule has 0 bridgehead atoms. The zero-order chi connectivity index (χ0) is 14.8. The Hall–Kier alpha value is -1.70. The van der Waals surface area contributed by atoms with Crippen LogP contribution in [0.5, 0.6) is 0 Å². The molecule has 2 aromatic rings. The summed E-state index contributed by atoms with van der Waals surface area (Å²) in [5.74, 6) is 0. The molecule has 6 nitrogen and oxygen atoms in total. The van der Waals surface area contributed by atoms with Gasteiger partial charge in [0.25, 0.3) is 0 Å². The van der Waals surface area contributed by atoms with E-state index in [1.165, 1.54) is 0 Å². The van der Waals surface area contributed by atoms with Gasteiger partial charge in [0.2, 0.25) is 10.0 Å². The van der Waals surface area contributed by atoms with Gasteiger partial charge in [0.1, 0.15) is 0 Å². The highest BCUT2D eigenvalue weighted by molar-refractivity contribution is 7.89. The topological polar surface area (TPSA) is 101 Å². The third kappa shape index (κ3) is 3.24. The van der Waals surface area contributed by atoms with Crippen molar-refractivity contribution in [2.45, 2.75) is 31.3 Å². The van der Waals surface area contributed by atoms with Crippen LogP contribution in [0.4, 0.5) is 0 Å². The third-order valence-corrected chi connectivity index (χ3v) is 4.52. The predicted octanol–water partition coefficient (Wildman–Crippen LogP) is 1.22. The maximum Gasteiger partial charge on any atom is 0.240 e. The van der Waals surface area contributed by atoms with Crippen molar-refractivity contribution in [2.75, 3.05) is 0 Å². The molecule has 108 valence electrons. The minimum atomic E-state index is -3.53. The number of aromatic nitrogens is 2. The quantitative estimate of drug-likeness (QED) is 0.771. The van der Waals surface area contributed by atoms with Crippen LogP contribution >= 0.6 is 0 Å². The number of nitrogens with two attached hydrogens (primary N) is 1. The number of hydrogen-bond acceptors (Lipinski definition) is 4. The average Bonchev–Trinajstić information content (AvgIpc) is 2.82. The van der Waals surface area contributed by atoms with Gasteiger partial charge >= 0.3 is 0 Å². The van der Waals surface area contributed by atoms with Crippen LogP contribution in [0.3, 0.4) is 0 Å². The Kier molecular flexibility index (Phi) is 4.22. The molecule has 0 aliphatic carbocycles. The van der Waals surface area contributed by atoms with Crippen LogP contribution in [0.1, 0.15) is 29.8 Å². The maximum atomic E-state index is 12.1. The van der Waals surface area contributed by atoms with Crippen LogP contribution < -0.4 is 10.5 Å². The summed E-state index contributed by atoms with van der Waals surface area (Å²) in [6.07, 6.45) is 1.61. The molecule has 2 rings (SSSR count). The van der Waals surface area contributed by atoms with Gasteiger partial charge in [-0.1, -0.05) is 12.1 Å². The summed E-state index contributed by atoms with van der Waals surface area (Å²) in [5, 5.41) is 6.62. The number of nitrogens with zero attached hydrogens (tertiary/aromatic N) is 1. The summed E-state index contributed by atoms with van der Waals surface area (Å²) in [4.78, 5) is 0.225. The molecule has 1 unspecified atom stereocenters. The molecule has 4 N–H and O–H groups in total. The molecule has 0 saturated carbocycles. The van der Waals surface area contributed by atoms with Crippen molar-refractivity contribution in [3.8, 4) is 0 Å². The SMILES string of the molecule is Cc1[nH]ncc1CNS(=O)(=O)c1ccc(C(C)N)cc1. The molecule has 0 aliphatic rings. The molecule has 0 saturated heterocycles. The largest absolute Gasteiger partial charge is 0.324 e. The molecular formula is C13H18N4O2S. The monoisotopic (exact) mass is 294 g/mol. The first-order valence-corrected chi connectivity index (χ1v) is 7.72. The Bertz CT molecular complexity index is 675. The van der Waals surface area contributed by atoms with Gasteiger partial charge < -0.3 is 5.73 Å². The molecule has 20 heavy (non-hydrogen) atoms. The summed E-state index contributed by atoms with van der Waals surface area (Å²) in [7, 11) is -3.53. The summed E-state index contributed by atoms with van der Waals surface area (Å²) >= 11 is 0. The Labute approximate surface area is 118 Å². The first kappa shape index (κ1) is 14.7. The fourth-order valence-electron chi connectivity index (χ4n) is 1.76. The van der Waals surface area contributed by atoms with Gasteiger partial charge in [-0.3, -0.25) is 5.10 Å². The highest BCUT2D eigenvalue weighted by Crippen LogP contribution is 2.15. The molecule has 7 heteroatoms. The Morgan fingerprint density at radius 2 is 2.00 bits per heavy atom. The lowest BCUT2D eigenvalue weighted by Crippen LogP contribution is -2.23. The van der Waals surface area contributed by atoms with E-state index in [2.05, 4.69) is 14.9 Å². The van der Waals surface area contributed by atoms with Crippen molar-refractivity contribution in [3.63, 3.8) is 0 Å². The first-order chi connectivity index (χ1) is 9.40. The lowest BCUT2D eigenvalue weighted by molar-refractivity contribution is 0.581. The zero-order valence-corrected chi connectivity index (χ0v) is 12.2. The number of H-pyrrole nitrogens is 1. The van der Waals surface area contributed by atoms with E-state index in [0.717, 1.165) is 16.8 Å². The number of benzene rings is 1. The van der Waals surface area contributed by atoms with Crippen LogP contribution in [0.25, 0.3) is 0 Å². The fraction of sp³-hybridized carbons (Fsp3) is 0.308. The average molecular weight is 294 g/mol. The van der Waals surface area contributed by atoms with Crippen molar-refractivity contribution in [1.82, 2.24) is 14.9 Å². The van der Waals surface area contributed by atoms with E-state index in [1.54, 1.807) is 30.5 Å². The van der Waals surface area contributed by atoms with E-state index in [-0.39, 0.29) is 17.5 Å². The number of aryl methyl sites for hydroxylation is 1. The van der Waals surface area contributed by atoms with Gasteiger partial charge in [0, 0.05) is 23.8 Å². The van der Waals surface area contributed by atoms with Crippen molar-refractivity contribution >= 4 is 10.0 Å². The van der Waals surface area contributed by atoms with Crippen LogP contribution in [0, 0.1) is 6.92 Å². The highest BCUT2D eigenvalue weighted by Gasteiger charge is 2.14. The van der Waals surface area contributed by atoms with Crippen molar-refractivity contribution < 1.29 is 8.42 Å². The number of sulfonamides is 1. The third-order valence-electron chi connectivity index (χ3n) is 3.10. The molecular weight excluding hydrogens is 276 g/mol. The van der Waals surface area contributed by atoms with E-state index in [0.29, 0.717) is 0 Å². The minimum Gasteiger partial charge on any atom is -0.324 e. The molecule has 0 aliphatic heterocycles. The van der Waals surface area contributed by atoms with E-state index in [1.807, 2.05) is 13.8 Å². The summed E-state index contributed by atoms with van der Waals surface area (Å²) in [6, 6.07) is 6.45. The minimum absolute atomic E-state index is 0.117. The molecule has 0 amide bonds. The van der Waals surface area contributed by atoms with Crippen molar-refractivity contribution in [3.05, 3.63) is 47.3 Å². The molecule has 1 aromatic carbocycles. The number of rotatable bonds is 5. The fourth-order valence-corrected chi connectivity index (χ4v) is 2.77. The summed E-state index contributed by atoms with van der Waals surface area (Å²) in [6.45, 7) is 3.90. The molecule has 1 aromatic heterocycles. The van der Waals surface area contributed by atoms with E-state index in [4.69, 9.17) is 5.73 Å². The molecule has 0 fully saturated rings. The smallest absolute Gasteiger partial charge is 0.240 e. The van der Waals surface area contributed by atoms with E-state index in [9.17, 15) is 8.42 Å². The number of hydrogen-bond donors (Lipinski definition) is 3. The Balaban J connectivity index is 2.12. The van der Waals surface area contributed by atoms with Crippen LogP contribution in [0.15, 0.2) is 35.4 Å². The van der Waals surface area contributed by atoms with Crippen molar-refractivity contribution in [1.29, 1.82) is 0 Å². The van der Waals surface area contributed by atoms with Gasteiger partial charge in [0.05, 0.1) is 11.1 Å². The molecule has 1 atom stereocenters. The van der Waals surface area contributed by atoms with Gasteiger partial charge in [-0.25, -0.2) is 13.1 Å². The van der Waals surface area contributed by atoms with Crippen LogP contribution in [-0.2, 0) is 16.6 Å². The lowest BCUT2D eigenvalue weighted by atomic mass is 10.1. The van der Waals surface area contributed by atoms with E-state index < -0.39 is 10.0 Å². The molecule has 0 radical (unpaired) electrons. The second-order valence-electron chi connectivity index (χ2n) is 4.70. The standard InChI is InChI=1S/C13H18N4O2S/c1-9(14)11-3-5-13(6-4-11)20(18,19)16-8-12-7-15-17-10(12)2/h3-7,9,16H,8,14H2,1-2H3,(H,15,17). The molecule has 1 heterocycles. The van der Waals surface area contributed by atoms with Gasteiger partial charge in [-0.05, 0) is 31.5 Å². The van der Waals surface area contributed by atoms with Gasteiger partial charge in [0.15, 0.2) is 0 Å². The second-order valence-corrected chi connectivity index (χ2v) is 6.47.